The molecule has 0 spiro atoms. The van der Waals surface area contributed by atoms with Crippen LogP contribution in [0.5, 0.6) is 11.5 Å². The van der Waals surface area contributed by atoms with E-state index in [-0.39, 0.29) is 31.9 Å². The van der Waals surface area contributed by atoms with Gasteiger partial charge in [-0.25, -0.2) is 4.98 Å². The van der Waals surface area contributed by atoms with Gasteiger partial charge in [-0.1, -0.05) is 89.5 Å². The van der Waals surface area contributed by atoms with Gasteiger partial charge in [0.2, 0.25) is 0 Å². The maximum absolute atomic E-state index is 6.66. The van der Waals surface area contributed by atoms with E-state index in [0.717, 1.165) is 66.6 Å². The molecular weight excluding hydrogens is 908 g/mol. The average molecular weight is 953 g/mol. The number of hydrogen-bond acceptors (Lipinski definition) is 5. The van der Waals surface area contributed by atoms with Gasteiger partial charge in [-0.3, -0.25) is 0 Å². The Bertz CT molecular complexity index is 3070. The van der Waals surface area contributed by atoms with Gasteiger partial charge in [0, 0.05) is 72.1 Å². The largest absolute Gasteiger partial charge is 0.509 e. The minimum absolute atomic E-state index is 0. The summed E-state index contributed by atoms with van der Waals surface area (Å²) in [6.45, 7) is 20.1. The Balaban J connectivity index is 0.00000449. The van der Waals surface area contributed by atoms with Crippen LogP contribution in [0.3, 0.4) is 0 Å². The number of anilines is 4. The van der Waals surface area contributed by atoms with Gasteiger partial charge in [0.05, 0.1) is 0 Å². The first-order valence-corrected chi connectivity index (χ1v) is 20.0. The summed E-state index contributed by atoms with van der Waals surface area (Å²) in [5.41, 5.74) is 12.9. The van der Waals surface area contributed by atoms with E-state index in [4.69, 9.17) is 14.1 Å². The molecule has 0 fully saturated rings. The predicted octanol–water partition coefficient (Wildman–Crippen LogP) is 14.1. The van der Waals surface area contributed by atoms with Crippen LogP contribution < -0.4 is 14.5 Å². The number of benzene rings is 6. The second-order valence-electron chi connectivity index (χ2n) is 17.6. The van der Waals surface area contributed by atoms with Crippen LogP contribution in [0.15, 0.2) is 126 Å². The minimum Gasteiger partial charge on any atom is -0.509 e. The number of aromatic nitrogens is 2. The van der Waals surface area contributed by atoms with Crippen LogP contribution in [0.1, 0.15) is 63.8 Å². The molecule has 59 heavy (non-hydrogen) atoms. The van der Waals surface area contributed by atoms with Crippen LogP contribution in [0.2, 0.25) is 0 Å². The van der Waals surface area contributed by atoms with Crippen molar-refractivity contribution in [1.29, 1.82) is 0 Å². The molecule has 4 heterocycles. The summed E-state index contributed by atoms with van der Waals surface area (Å²) < 4.78 is 15.2. The molecule has 1 aliphatic heterocycles. The van der Waals surface area contributed by atoms with Crippen molar-refractivity contribution in [3.05, 3.63) is 163 Å². The van der Waals surface area contributed by atoms with E-state index >= 15 is 0 Å². The van der Waals surface area contributed by atoms with E-state index < -0.39 is 0 Å². The fourth-order valence-electron chi connectivity index (χ4n) is 8.54. The second kappa shape index (κ2) is 14.2. The summed E-state index contributed by atoms with van der Waals surface area (Å²) in [6, 6.07) is 47.3. The van der Waals surface area contributed by atoms with Crippen molar-refractivity contribution in [3.8, 4) is 17.3 Å². The molecule has 10 rings (SSSR count). The summed E-state index contributed by atoms with van der Waals surface area (Å²) >= 11 is 0. The number of aryl methyl sites for hydroxylation is 2. The zero-order valence-corrected chi connectivity index (χ0v) is 36.8. The molecule has 0 aliphatic carbocycles. The van der Waals surface area contributed by atoms with Crippen LogP contribution in [-0.2, 0) is 31.9 Å². The van der Waals surface area contributed by atoms with Crippen molar-refractivity contribution in [3.63, 3.8) is 0 Å². The molecule has 6 aromatic carbocycles. The predicted molar refractivity (Wildman–Crippen MR) is 238 cm³/mol. The fraction of sp³-hybridized carbons (Fsp3) is 0.192. The molecule has 6 nitrogen and oxygen atoms in total. The summed E-state index contributed by atoms with van der Waals surface area (Å²) in [6.07, 6.45) is 1.90. The first-order valence-electron chi connectivity index (χ1n) is 20.0. The van der Waals surface area contributed by atoms with Crippen molar-refractivity contribution >= 4 is 66.5 Å². The van der Waals surface area contributed by atoms with Gasteiger partial charge >= 0.3 is 0 Å². The Morgan fingerprint density at radius 2 is 1.32 bits per heavy atom. The molecule has 0 saturated carbocycles. The summed E-state index contributed by atoms with van der Waals surface area (Å²) in [4.78, 5) is 9.42. The molecule has 7 heteroatoms. The molecule has 1 aliphatic rings. The third kappa shape index (κ3) is 6.49. The van der Waals surface area contributed by atoms with Gasteiger partial charge in [0.25, 0.3) is 0 Å². The maximum Gasteiger partial charge on any atom is 0.135 e. The van der Waals surface area contributed by atoms with Crippen molar-refractivity contribution < 1.29 is 30.2 Å². The average Bonchev–Trinajstić information content (AvgIpc) is 3.87. The summed E-state index contributed by atoms with van der Waals surface area (Å²) in [7, 11) is 0. The quantitative estimate of drug-likeness (QED) is 0.161. The molecule has 0 bridgehead atoms. The molecule has 0 unspecified atom stereocenters. The number of para-hydroxylation sites is 3. The molecular formula is C52H45N4O2Pt-3. The molecule has 3 aromatic heterocycles. The van der Waals surface area contributed by atoms with E-state index in [9.17, 15) is 0 Å². The fourth-order valence-corrected chi connectivity index (χ4v) is 8.54. The number of hydrogen-bond donors (Lipinski definition) is 0. The standard InChI is InChI=1S/C52H45N4O2.Pt/c1-32-26-35(52(6,7)8)27-33(2)50(32)55-31-54(41-17-10-11-18-42(41)55)36-14-13-15-37(29-36)57-38-20-21-39-44(30-38)56(47-28-34(24-25-53-47)51(3,4)5)43-22-23-46-49(48(39)43)40-16-9-12-19-45(40)58-46;/h9-28,31H,1-8H3;/q-3;. The first-order chi connectivity index (χ1) is 27.8. The second-order valence-corrected chi connectivity index (χ2v) is 17.6. The number of ether oxygens (including phenoxy) is 1. The monoisotopic (exact) mass is 952 g/mol. The van der Waals surface area contributed by atoms with Gasteiger partial charge in [-0.05, 0) is 94.8 Å². The summed E-state index contributed by atoms with van der Waals surface area (Å²) in [5.74, 6) is 2.01. The van der Waals surface area contributed by atoms with E-state index in [1.165, 1.54) is 27.9 Å². The van der Waals surface area contributed by atoms with Crippen molar-refractivity contribution in [2.75, 3.05) is 9.80 Å². The zero-order chi connectivity index (χ0) is 40.1. The minimum atomic E-state index is -0.0534. The Labute approximate surface area is 360 Å². The summed E-state index contributed by atoms with van der Waals surface area (Å²) in [5, 5.41) is 4.31. The number of fused-ring (bicyclic) bond motifs is 8. The maximum atomic E-state index is 6.66. The smallest absolute Gasteiger partial charge is 0.135 e. The third-order valence-corrected chi connectivity index (χ3v) is 11.5. The van der Waals surface area contributed by atoms with Crippen molar-refractivity contribution in [2.45, 2.75) is 66.2 Å². The van der Waals surface area contributed by atoms with E-state index in [1.54, 1.807) is 0 Å². The topological polar surface area (TPSA) is 46.7 Å². The number of rotatable bonds is 5. The van der Waals surface area contributed by atoms with E-state index in [0.29, 0.717) is 11.5 Å². The molecule has 0 atom stereocenters. The van der Waals surface area contributed by atoms with Crippen LogP contribution in [0.25, 0.3) is 49.6 Å². The van der Waals surface area contributed by atoms with Crippen LogP contribution >= 0.6 is 0 Å². The SMILES string of the molecule is Cc1cc(C(C)(C)C)cc(C)c1N1[CH-]N(c2[c-]c(Oc3[c-]c4c(cc3)c3c5c(ccc3n4-c3cc(C(C)(C)C)ccn3)oc3ccccc35)ccc2)c2ccccc21.[Pt]. The molecule has 0 N–H and O–H groups in total. The van der Waals surface area contributed by atoms with Gasteiger partial charge < -0.3 is 23.5 Å². The van der Waals surface area contributed by atoms with Crippen molar-refractivity contribution in [1.82, 2.24) is 9.55 Å². The van der Waals surface area contributed by atoms with Gasteiger partial charge in [0.15, 0.2) is 0 Å². The van der Waals surface area contributed by atoms with E-state index in [2.05, 4.69) is 173 Å². The Morgan fingerprint density at radius 3 is 2.07 bits per heavy atom. The molecule has 0 amide bonds. The van der Waals surface area contributed by atoms with Gasteiger partial charge in [-0.2, -0.15) is 12.1 Å². The molecule has 298 valence electrons. The first kappa shape index (κ1) is 38.7. The van der Waals surface area contributed by atoms with Gasteiger partial charge in [-0.15, -0.1) is 48.1 Å². The molecule has 0 saturated heterocycles. The Kier molecular flexibility index (Phi) is 9.28. The number of nitrogens with zero attached hydrogens (tertiary/aromatic N) is 4. The third-order valence-electron chi connectivity index (χ3n) is 11.5. The van der Waals surface area contributed by atoms with E-state index in [1.807, 2.05) is 36.5 Å². The van der Waals surface area contributed by atoms with Crippen LogP contribution in [0, 0.1) is 32.6 Å². The van der Waals surface area contributed by atoms with Crippen LogP contribution in [0.4, 0.5) is 22.7 Å². The molecule has 9 aromatic rings. The Morgan fingerprint density at radius 1 is 0.627 bits per heavy atom. The number of furan rings is 1. The molecule has 0 radical (unpaired) electrons. The van der Waals surface area contributed by atoms with Crippen LogP contribution in [-0.4, -0.2) is 9.55 Å². The Hall–Kier alpha value is -5.84. The van der Waals surface area contributed by atoms with Gasteiger partial charge in [0.1, 0.15) is 17.0 Å². The van der Waals surface area contributed by atoms with Crippen molar-refractivity contribution in [2.24, 2.45) is 0 Å². The normalized spacial score (nSPS) is 13.2. The number of pyridine rings is 1. The zero-order valence-electron chi connectivity index (χ0n) is 34.5.